The maximum atomic E-state index is 13.1. The van der Waals surface area contributed by atoms with Crippen LogP contribution in [0, 0.1) is 6.92 Å². The second-order valence-electron chi connectivity index (χ2n) is 7.86. The molecule has 0 saturated carbocycles. The summed E-state index contributed by atoms with van der Waals surface area (Å²) in [5.74, 6) is -1.51. The molecular weight excluding hydrogens is 388 g/mol. The van der Waals surface area contributed by atoms with Gasteiger partial charge < -0.3 is 10.0 Å². The number of aryl methyl sites for hydroxylation is 1. The Kier molecular flexibility index (Phi) is 5.34. The molecule has 0 aliphatic carbocycles. The number of carbonyl (C=O) groups is 2. The van der Waals surface area contributed by atoms with Crippen LogP contribution >= 0.6 is 0 Å². The summed E-state index contributed by atoms with van der Waals surface area (Å²) in [4.78, 5) is 29.7. The van der Waals surface area contributed by atoms with Crippen molar-refractivity contribution in [3.63, 3.8) is 0 Å². The lowest BCUT2D eigenvalue weighted by Crippen LogP contribution is -2.29. The van der Waals surface area contributed by atoms with Gasteiger partial charge in [-0.3, -0.25) is 14.5 Å². The number of anilines is 2. The predicted molar refractivity (Wildman–Crippen MR) is 123 cm³/mol. The second-order valence-corrected chi connectivity index (χ2v) is 7.86. The Labute approximate surface area is 181 Å². The molecule has 0 bridgehead atoms. The third-order valence-electron chi connectivity index (χ3n) is 5.50. The first-order valence-electron chi connectivity index (χ1n) is 10.1. The molecular formula is C26H24N2O3. The Morgan fingerprint density at radius 3 is 2.19 bits per heavy atom. The number of hydrogen-bond donors (Lipinski definition) is 1. The smallest absolute Gasteiger partial charge is 0.300 e. The van der Waals surface area contributed by atoms with Gasteiger partial charge >= 0.3 is 0 Å². The summed E-state index contributed by atoms with van der Waals surface area (Å²) < 4.78 is 0. The fourth-order valence-electron chi connectivity index (χ4n) is 3.90. The van der Waals surface area contributed by atoms with Crippen molar-refractivity contribution in [2.45, 2.75) is 13.0 Å². The van der Waals surface area contributed by atoms with E-state index < -0.39 is 17.7 Å². The Hall–Kier alpha value is -3.86. The molecule has 3 aromatic carbocycles. The van der Waals surface area contributed by atoms with E-state index in [-0.39, 0.29) is 11.3 Å². The molecule has 0 aromatic heterocycles. The third kappa shape index (κ3) is 3.70. The lowest BCUT2D eigenvalue weighted by molar-refractivity contribution is -0.132. The van der Waals surface area contributed by atoms with Crippen molar-refractivity contribution in [3.8, 4) is 0 Å². The van der Waals surface area contributed by atoms with E-state index in [1.165, 1.54) is 4.90 Å². The molecule has 1 unspecified atom stereocenters. The van der Waals surface area contributed by atoms with Gasteiger partial charge in [0.05, 0.1) is 11.6 Å². The van der Waals surface area contributed by atoms with Crippen LogP contribution in [-0.4, -0.2) is 30.9 Å². The number of amides is 1. The zero-order valence-electron chi connectivity index (χ0n) is 17.7. The van der Waals surface area contributed by atoms with Crippen molar-refractivity contribution >= 4 is 28.8 Å². The van der Waals surface area contributed by atoms with E-state index in [4.69, 9.17) is 0 Å². The SMILES string of the molecule is Cc1cccc(N2C(=O)C(=O)C(=C(O)c3ccccc3)C2c2ccc(N(C)C)cc2)c1. The fraction of sp³-hybridized carbons (Fsp3) is 0.154. The molecule has 1 amide bonds. The molecule has 5 nitrogen and oxygen atoms in total. The summed E-state index contributed by atoms with van der Waals surface area (Å²) in [5.41, 5.74) is 3.94. The van der Waals surface area contributed by atoms with Gasteiger partial charge in [0.2, 0.25) is 0 Å². The molecule has 1 heterocycles. The van der Waals surface area contributed by atoms with E-state index >= 15 is 0 Å². The number of carbonyl (C=O) groups excluding carboxylic acids is 2. The van der Waals surface area contributed by atoms with Crippen LogP contribution < -0.4 is 9.80 Å². The van der Waals surface area contributed by atoms with Gasteiger partial charge in [-0.25, -0.2) is 0 Å². The summed E-state index contributed by atoms with van der Waals surface area (Å²) in [5, 5.41) is 11.1. The van der Waals surface area contributed by atoms with Crippen molar-refractivity contribution < 1.29 is 14.7 Å². The minimum absolute atomic E-state index is 0.0929. The zero-order valence-corrected chi connectivity index (χ0v) is 17.7. The molecule has 1 saturated heterocycles. The van der Waals surface area contributed by atoms with Crippen molar-refractivity contribution in [2.75, 3.05) is 23.9 Å². The maximum absolute atomic E-state index is 13.1. The number of Topliss-reactive ketones (excluding diaryl/α,β-unsaturated/α-hetero) is 1. The number of aliphatic hydroxyl groups is 1. The molecule has 0 radical (unpaired) electrons. The molecule has 31 heavy (non-hydrogen) atoms. The average molecular weight is 412 g/mol. The first-order valence-corrected chi connectivity index (χ1v) is 10.1. The summed E-state index contributed by atoms with van der Waals surface area (Å²) in [6.07, 6.45) is 0. The van der Waals surface area contributed by atoms with E-state index in [0.29, 0.717) is 11.3 Å². The van der Waals surface area contributed by atoms with Crippen molar-refractivity contribution in [3.05, 3.63) is 101 Å². The van der Waals surface area contributed by atoms with E-state index in [9.17, 15) is 14.7 Å². The van der Waals surface area contributed by atoms with Gasteiger partial charge in [-0.1, -0.05) is 54.6 Å². The minimum atomic E-state index is -0.724. The molecule has 0 spiro atoms. The third-order valence-corrected chi connectivity index (χ3v) is 5.50. The summed E-state index contributed by atoms with van der Waals surface area (Å²) >= 11 is 0. The van der Waals surface area contributed by atoms with Crippen LogP contribution in [0.25, 0.3) is 5.76 Å². The standard InChI is InChI=1S/C26H24N2O3/c1-17-8-7-11-21(16-17)28-23(18-12-14-20(15-13-18)27(2)3)22(25(30)26(28)31)24(29)19-9-5-4-6-10-19/h4-16,23,29H,1-3H3. The molecule has 5 heteroatoms. The molecule has 4 rings (SSSR count). The molecule has 1 aliphatic heterocycles. The van der Waals surface area contributed by atoms with Crippen LogP contribution in [0.2, 0.25) is 0 Å². The Balaban J connectivity index is 1.93. The van der Waals surface area contributed by atoms with E-state index in [1.807, 2.05) is 80.5 Å². The van der Waals surface area contributed by atoms with Crippen molar-refractivity contribution in [1.29, 1.82) is 0 Å². The van der Waals surface area contributed by atoms with Gasteiger partial charge in [0, 0.05) is 31.0 Å². The Morgan fingerprint density at radius 2 is 1.58 bits per heavy atom. The first kappa shape index (κ1) is 20.4. The van der Waals surface area contributed by atoms with Crippen LogP contribution in [0.1, 0.15) is 22.7 Å². The summed E-state index contributed by atoms with van der Waals surface area (Å²) in [6, 6.07) is 23.3. The fourth-order valence-corrected chi connectivity index (χ4v) is 3.90. The highest BCUT2D eigenvalue weighted by Gasteiger charge is 2.46. The molecule has 1 fully saturated rings. The van der Waals surface area contributed by atoms with Crippen LogP contribution in [-0.2, 0) is 9.59 Å². The molecule has 3 aromatic rings. The van der Waals surface area contributed by atoms with E-state index in [2.05, 4.69) is 0 Å². The predicted octanol–water partition coefficient (Wildman–Crippen LogP) is 4.69. The number of rotatable bonds is 4. The average Bonchev–Trinajstić information content (AvgIpc) is 3.04. The largest absolute Gasteiger partial charge is 0.507 e. The van der Waals surface area contributed by atoms with Gasteiger partial charge in [-0.05, 0) is 42.3 Å². The summed E-state index contributed by atoms with van der Waals surface area (Å²) in [7, 11) is 3.90. The van der Waals surface area contributed by atoms with Gasteiger partial charge in [0.25, 0.3) is 11.7 Å². The highest BCUT2D eigenvalue weighted by molar-refractivity contribution is 6.51. The molecule has 1 atom stereocenters. The number of nitrogens with zero attached hydrogens (tertiary/aromatic N) is 2. The minimum Gasteiger partial charge on any atom is -0.507 e. The number of aliphatic hydroxyl groups excluding tert-OH is 1. The molecule has 1 N–H and O–H groups in total. The first-order chi connectivity index (χ1) is 14.9. The van der Waals surface area contributed by atoms with Crippen molar-refractivity contribution in [1.82, 2.24) is 0 Å². The van der Waals surface area contributed by atoms with E-state index in [1.54, 1.807) is 24.3 Å². The highest BCUT2D eigenvalue weighted by Crippen LogP contribution is 2.42. The topological polar surface area (TPSA) is 60.9 Å². The van der Waals surface area contributed by atoms with Crippen LogP contribution in [0.15, 0.2) is 84.4 Å². The van der Waals surface area contributed by atoms with Gasteiger partial charge in [-0.15, -0.1) is 0 Å². The lowest BCUT2D eigenvalue weighted by atomic mass is 9.95. The maximum Gasteiger partial charge on any atom is 0.300 e. The van der Waals surface area contributed by atoms with Gasteiger partial charge in [-0.2, -0.15) is 0 Å². The monoisotopic (exact) mass is 412 g/mol. The van der Waals surface area contributed by atoms with Crippen LogP contribution in [0.4, 0.5) is 11.4 Å². The van der Waals surface area contributed by atoms with Crippen LogP contribution in [0.5, 0.6) is 0 Å². The lowest BCUT2D eigenvalue weighted by Gasteiger charge is -2.26. The highest BCUT2D eigenvalue weighted by atomic mass is 16.3. The van der Waals surface area contributed by atoms with Crippen LogP contribution in [0.3, 0.4) is 0 Å². The zero-order chi connectivity index (χ0) is 22.1. The molecule has 156 valence electrons. The number of hydrogen-bond acceptors (Lipinski definition) is 4. The Bertz CT molecular complexity index is 1160. The normalized spacial score (nSPS) is 17.8. The number of ketones is 1. The number of benzene rings is 3. The van der Waals surface area contributed by atoms with E-state index in [0.717, 1.165) is 16.8 Å². The van der Waals surface area contributed by atoms with Crippen molar-refractivity contribution in [2.24, 2.45) is 0 Å². The van der Waals surface area contributed by atoms with Gasteiger partial charge in [0.15, 0.2) is 0 Å². The van der Waals surface area contributed by atoms with Gasteiger partial charge in [0.1, 0.15) is 5.76 Å². The second kappa shape index (κ2) is 8.11. The summed E-state index contributed by atoms with van der Waals surface area (Å²) in [6.45, 7) is 1.94. The molecule has 1 aliphatic rings. The Morgan fingerprint density at radius 1 is 0.903 bits per heavy atom. The quantitative estimate of drug-likeness (QED) is 0.384.